The molecule has 0 aliphatic heterocycles. The second kappa shape index (κ2) is 7.00. The Hall–Kier alpha value is -1.08. The highest BCUT2D eigenvalue weighted by atomic mass is 79.9. The molecule has 0 spiro atoms. The fraction of sp³-hybridized carbons (Fsp3) is 0.533. The van der Waals surface area contributed by atoms with Crippen LogP contribution in [0.15, 0.2) is 18.2 Å². The predicted octanol–water partition coefficient (Wildman–Crippen LogP) is 3.65. The van der Waals surface area contributed by atoms with Gasteiger partial charge in [-0.2, -0.15) is 8.42 Å². The fourth-order valence-corrected chi connectivity index (χ4v) is 2.35. The zero-order valence-corrected chi connectivity index (χ0v) is 15.7. The molecule has 0 bridgehead atoms. The zero-order valence-electron chi connectivity index (χ0n) is 13.3. The molecule has 0 aliphatic carbocycles. The molecule has 0 heterocycles. The average Bonchev–Trinajstić information content (AvgIpc) is 2.35. The Kier molecular flexibility index (Phi) is 6.03. The molecule has 7 heteroatoms. The lowest BCUT2D eigenvalue weighted by atomic mass is 10.1. The first-order chi connectivity index (χ1) is 9.94. The molecule has 0 N–H and O–H groups in total. The van der Waals surface area contributed by atoms with Gasteiger partial charge in [0.05, 0.1) is 10.8 Å². The number of esters is 1. The Bertz CT molecular complexity index is 644. The summed E-state index contributed by atoms with van der Waals surface area (Å²) in [5, 5.41) is -0.216. The van der Waals surface area contributed by atoms with E-state index in [4.69, 9.17) is 8.92 Å². The Balaban J connectivity index is 3.17. The number of ether oxygens (including phenoxy) is 1. The van der Waals surface area contributed by atoms with Crippen molar-refractivity contribution in [3.8, 4) is 5.75 Å². The van der Waals surface area contributed by atoms with Gasteiger partial charge in [-0.3, -0.25) is 0 Å². The maximum Gasteiger partial charge on any atom is 0.338 e. The van der Waals surface area contributed by atoms with E-state index in [1.54, 1.807) is 32.9 Å². The van der Waals surface area contributed by atoms with Crippen LogP contribution in [0.2, 0.25) is 0 Å². The number of carbonyl (C=O) groups is 1. The van der Waals surface area contributed by atoms with Crippen molar-refractivity contribution in [1.29, 1.82) is 0 Å². The van der Waals surface area contributed by atoms with E-state index >= 15 is 0 Å². The maximum absolute atomic E-state index is 12.1. The lowest BCUT2D eigenvalue weighted by Gasteiger charge is -2.20. The van der Waals surface area contributed by atoms with Crippen LogP contribution in [-0.4, -0.2) is 25.2 Å². The number of alkyl halides is 1. The molecule has 1 aromatic rings. The van der Waals surface area contributed by atoms with Crippen molar-refractivity contribution in [3.63, 3.8) is 0 Å². The van der Waals surface area contributed by atoms with Crippen molar-refractivity contribution in [3.05, 3.63) is 29.3 Å². The van der Waals surface area contributed by atoms with Crippen LogP contribution in [-0.2, 0) is 20.2 Å². The Morgan fingerprint density at radius 3 is 2.27 bits per heavy atom. The molecule has 0 unspecified atom stereocenters. The first kappa shape index (κ1) is 19.0. The summed E-state index contributed by atoms with van der Waals surface area (Å²) in [6, 6.07) is 4.58. The van der Waals surface area contributed by atoms with E-state index < -0.39 is 26.9 Å². The summed E-state index contributed by atoms with van der Waals surface area (Å²) < 4.78 is 34.1. The molecule has 0 radical (unpaired) electrons. The van der Waals surface area contributed by atoms with E-state index in [-0.39, 0.29) is 11.3 Å². The zero-order chi connectivity index (χ0) is 17.1. The molecule has 5 nitrogen and oxygen atoms in total. The number of hydrogen-bond donors (Lipinski definition) is 0. The maximum atomic E-state index is 12.1. The standard InChI is InChI=1S/C15H21BrO5S/c1-10(2)22(18,19)21-13-7-11(9-16)6-12(8-13)14(17)20-15(3,4)5/h6-8,10H,9H2,1-5H3. The van der Waals surface area contributed by atoms with E-state index in [2.05, 4.69) is 15.9 Å². The molecule has 124 valence electrons. The molecule has 0 atom stereocenters. The van der Waals surface area contributed by atoms with Crippen LogP contribution in [0.5, 0.6) is 5.75 Å². The van der Waals surface area contributed by atoms with Gasteiger partial charge in [0, 0.05) is 5.33 Å². The van der Waals surface area contributed by atoms with Gasteiger partial charge in [0.2, 0.25) is 0 Å². The van der Waals surface area contributed by atoms with E-state index in [0.29, 0.717) is 5.33 Å². The summed E-state index contributed by atoms with van der Waals surface area (Å²) in [5.74, 6) is -0.423. The van der Waals surface area contributed by atoms with Gasteiger partial charge < -0.3 is 8.92 Å². The number of hydrogen-bond acceptors (Lipinski definition) is 5. The fourth-order valence-electron chi connectivity index (χ4n) is 1.47. The highest BCUT2D eigenvalue weighted by Gasteiger charge is 2.22. The predicted molar refractivity (Wildman–Crippen MR) is 88.9 cm³/mol. The summed E-state index contributed by atoms with van der Waals surface area (Å²) in [4.78, 5) is 12.1. The third-order valence-corrected chi connectivity index (χ3v) is 4.77. The molecule has 1 aromatic carbocycles. The first-order valence-corrected chi connectivity index (χ1v) is 9.40. The molecular weight excluding hydrogens is 372 g/mol. The summed E-state index contributed by atoms with van der Waals surface area (Å²) in [6.07, 6.45) is 0. The monoisotopic (exact) mass is 392 g/mol. The van der Waals surface area contributed by atoms with Crippen LogP contribution in [0, 0.1) is 0 Å². The summed E-state index contributed by atoms with van der Waals surface area (Å²) in [5.41, 5.74) is 0.338. The number of carbonyl (C=O) groups excluding carboxylic acids is 1. The molecule has 0 saturated carbocycles. The van der Waals surface area contributed by atoms with Crippen molar-refractivity contribution in [2.75, 3.05) is 0 Å². The van der Waals surface area contributed by atoms with Crippen molar-refractivity contribution in [2.24, 2.45) is 0 Å². The summed E-state index contributed by atoms with van der Waals surface area (Å²) >= 11 is 3.29. The van der Waals surface area contributed by atoms with Crippen molar-refractivity contribution in [1.82, 2.24) is 0 Å². The largest absolute Gasteiger partial charge is 0.456 e. The van der Waals surface area contributed by atoms with Crippen LogP contribution in [0.4, 0.5) is 0 Å². The third kappa shape index (κ3) is 5.61. The Labute approximate surface area is 140 Å². The molecule has 0 fully saturated rings. The van der Waals surface area contributed by atoms with Gasteiger partial charge in [0.1, 0.15) is 11.4 Å². The lowest BCUT2D eigenvalue weighted by molar-refractivity contribution is 0.00691. The van der Waals surface area contributed by atoms with Crippen LogP contribution in [0.25, 0.3) is 0 Å². The Morgan fingerprint density at radius 1 is 1.23 bits per heavy atom. The topological polar surface area (TPSA) is 69.7 Å². The van der Waals surface area contributed by atoms with Gasteiger partial charge >= 0.3 is 16.1 Å². The van der Waals surface area contributed by atoms with E-state index in [1.807, 2.05) is 0 Å². The van der Waals surface area contributed by atoms with Gasteiger partial charge in [-0.05, 0) is 58.4 Å². The summed E-state index contributed by atoms with van der Waals surface area (Å²) in [7, 11) is -3.72. The number of benzene rings is 1. The van der Waals surface area contributed by atoms with Crippen LogP contribution in [0.3, 0.4) is 0 Å². The third-order valence-electron chi connectivity index (χ3n) is 2.54. The van der Waals surface area contributed by atoms with Gasteiger partial charge in [-0.25, -0.2) is 4.79 Å². The first-order valence-electron chi connectivity index (χ1n) is 6.81. The van der Waals surface area contributed by atoms with Gasteiger partial charge in [-0.1, -0.05) is 15.9 Å². The average molecular weight is 393 g/mol. The number of rotatable bonds is 5. The number of halogens is 1. The molecule has 22 heavy (non-hydrogen) atoms. The van der Waals surface area contributed by atoms with Crippen molar-refractivity contribution < 1.29 is 22.1 Å². The highest BCUT2D eigenvalue weighted by Crippen LogP contribution is 2.23. The van der Waals surface area contributed by atoms with E-state index in [0.717, 1.165) is 5.56 Å². The quantitative estimate of drug-likeness (QED) is 0.434. The van der Waals surface area contributed by atoms with Crippen LogP contribution >= 0.6 is 15.9 Å². The molecule has 0 aliphatic rings. The molecule has 0 saturated heterocycles. The van der Waals surface area contributed by atoms with Gasteiger partial charge in [-0.15, -0.1) is 0 Å². The van der Waals surface area contributed by atoms with Gasteiger partial charge in [0.25, 0.3) is 0 Å². The highest BCUT2D eigenvalue weighted by molar-refractivity contribution is 9.08. The minimum atomic E-state index is -3.72. The lowest BCUT2D eigenvalue weighted by Crippen LogP contribution is -2.24. The van der Waals surface area contributed by atoms with Gasteiger partial charge in [0.15, 0.2) is 0 Å². The second-order valence-electron chi connectivity index (χ2n) is 6.13. The summed E-state index contributed by atoms with van der Waals surface area (Å²) in [6.45, 7) is 8.34. The Morgan fingerprint density at radius 2 is 1.82 bits per heavy atom. The minimum Gasteiger partial charge on any atom is -0.456 e. The molecular formula is C15H21BrO5S. The smallest absolute Gasteiger partial charge is 0.338 e. The van der Waals surface area contributed by atoms with Crippen molar-refractivity contribution in [2.45, 2.75) is 50.8 Å². The molecule has 0 amide bonds. The van der Waals surface area contributed by atoms with E-state index in [9.17, 15) is 13.2 Å². The molecule has 1 rings (SSSR count). The van der Waals surface area contributed by atoms with Crippen LogP contribution < -0.4 is 4.18 Å². The SMILES string of the molecule is CC(C)S(=O)(=O)Oc1cc(CBr)cc(C(=O)OC(C)(C)C)c1. The minimum absolute atomic E-state index is 0.103. The second-order valence-corrected chi connectivity index (χ2v) is 8.78. The van der Waals surface area contributed by atoms with E-state index in [1.165, 1.54) is 19.9 Å². The normalized spacial score (nSPS) is 12.3. The molecule has 0 aromatic heterocycles. The van der Waals surface area contributed by atoms with Crippen LogP contribution in [0.1, 0.15) is 50.5 Å². The van der Waals surface area contributed by atoms with Crippen molar-refractivity contribution >= 4 is 32.0 Å².